The van der Waals surface area contributed by atoms with Gasteiger partial charge >= 0.3 is 0 Å². The number of piperazine rings is 1. The molecule has 1 N–H and O–H groups in total. The predicted octanol–water partition coefficient (Wildman–Crippen LogP) is 5.73. The summed E-state index contributed by atoms with van der Waals surface area (Å²) in [5.41, 5.74) is 3.68. The molecule has 7 heteroatoms. The minimum absolute atomic E-state index is 0.0538. The number of hydrogen-bond acceptors (Lipinski definition) is 5. The summed E-state index contributed by atoms with van der Waals surface area (Å²) in [6.07, 6.45) is 0. The van der Waals surface area contributed by atoms with Crippen molar-refractivity contribution in [3.8, 4) is 11.8 Å². The molecule has 3 aromatic rings. The Hall–Kier alpha value is -3.11. The third-order valence-electron chi connectivity index (χ3n) is 6.60. The topological polar surface area (TPSA) is 59.7 Å². The number of benzene rings is 3. The molecule has 1 heterocycles. The van der Waals surface area contributed by atoms with E-state index in [0.717, 1.165) is 29.9 Å². The van der Waals surface area contributed by atoms with E-state index in [9.17, 15) is 4.39 Å². The largest absolute Gasteiger partial charge is 0.491 e. The second-order valence-electron chi connectivity index (χ2n) is 8.87. The molecule has 0 bridgehead atoms. The Morgan fingerprint density at radius 1 is 1.11 bits per heavy atom. The highest BCUT2D eigenvalue weighted by Crippen LogP contribution is 2.41. The Balaban J connectivity index is 1.67. The van der Waals surface area contributed by atoms with Crippen LogP contribution >= 0.6 is 11.6 Å². The molecule has 1 aliphatic rings. The van der Waals surface area contributed by atoms with Gasteiger partial charge in [0.15, 0.2) is 0 Å². The highest BCUT2D eigenvalue weighted by atomic mass is 35.5. The number of nitrogens with zero attached hydrogens (tertiary/aromatic N) is 3. The van der Waals surface area contributed by atoms with Gasteiger partial charge in [-0.3, -0.25) is 4.90 Å². The predicted molar refractivity (Wildman–Crippen MR) is 136 cm³/mol. The van der Waals surface area contributed by atoms with Crippen LogP contribution in [0.3, 0.4) is 0 Å². The van der Waals surface area contributed by atoms with E-state index in [1.807, 2.05) is 48.5 Å². The van der Waals surface area contributed by atoms with Gasteiger partial charge in [0.2, 0.25) is 0 Å². The van der Waals surface area contributed by atoms with Crippen molar-refractivity contribution in [1.82, 2.24) is 4.90 Å². The molecule has 0 spiro atoms. The Kier molecular flexibility index (Phi) is 7.92. The first-order valence-corrected chi connectivity index (χ1v) is 12.1. The highest BCUT2D eigenvalue weighted by Gasteiger charge is 2.36. The quantitative estimate of drug-likeness (QED) is 0.455. The molecule has 1 aliphatic heterocycles. The van der Waals surface area contributed by atoms with Crippen LogP contribution in [0, 0.1) is 17.1 Å². The van der Waals surface area contributed by atoms with Crippen LogP contribution in [0.5, 0.6) is 5.75 Å². The molecular formula is C28H29ClFN3O2. The first kappa shape index (κ1) is 25.0. The summed E-state index contributed by atoms with van der Waals surface area (Å²) in [4.78, 5) is 4.72. The number of rotatable bonds is 7. The highest BCUT2D eigenvalue weighted by molar-refractivity contribution is 6.33. The lowest BCUT2D eigenvalue weighted by atomic mass is 9.95. The van der Waals surface area contributed by atoms with Crippen LogP contribution in [-0.2, 0) is 0 Å². The van der Waals surface area contributed by atoms with Gasteiger partial charge in [0.1, 0.15) is 18.2 Å². The van der Waals surface area contributed by atoms with Gasteiger partial charge < -0.3 is 14.7 Å². The van der Waals surface area contributed by atoms with E-state index >= 15 is 0 Å². The molecule has 5 nitrogen and oxygen atoms in total. The van der Waals surface area contributed by atoms with Gasteiger partial charge in [-0.1, -0.05) is 35.9 Å². The van der Waals surface area contributed by atoms with Crippen LogP contribution in [0.4, 0.5) is 10.1 Å². The van der Waals surface area contributed by atoms with E-state index in [0.29, 0.717) is 16.3 Å². The SMILES string of the molecule is C[C@H](c1ccc(C#N)cc1)N1C[C@@H](C)N(c2ccc(OCCO)cc2Cl)[C@H](c2ccc(F)cc2)C1. The minimum atomic E-state index is -0.268. The van der Waals surface area contributed by atoms with Gasteiger partial charge in [0, 0.05) is 31.2 Å². The lowest BCUT2D eigenvalue weighted by molar-refractivity contribution is 0.148. The first-order chi connectivity index (χ1) is 16.9. The number of aliphatic hydroxyl groups excluding tert-OH is 1. The molecule has 4 rings (SSSR count). The fourth-order valence-electron chi connectivity index (χ4n) is 4.79. The van der Waals surface area contributed by atoms with Crippen molar-refractivity contribution in [1.29, 1.82) is 5.26 Å². The van der Waals surface area contributed by atoms with Crippen LogP contribution in [0.25, 0.3) is 0 Å². The van der Waals surface area contributed by atoms with Crippen molar-refractivity contribution >= 4 is 17.3 Å². The van der Waals surface area contributed by atoms with Gasteiger partial charge in [-0.25, -0.2) is 4.39 Å². The second kappa shape index (κ2) is 11.1. The average Bonchev–Trinajstić information content (AvgIpc) is 2.87. The fourth-order valence-corrected chi connectivity index (χ4v) is 5.06. The molecule has 3 aromatic carbocycles. The van der Waals surface area contributed by atoms with Gasteiger partial charge in [-0.2, -0.15) is 5.26 Å². The summed E-state index contributed by atoms with van der Waals surface area (Å²) in [6.45, 7) is 6.00. The lowest BCUT2D eigenvalue weighted by Gasteiger charge is -2.49. The van der Waals surface area contributed by atoms with Crippen LogP contribution < -0.4 is 9.64 Å². The molecule has 0 aromatic heterocycles. The smallest absolute Gasteiger partial charge is 0.123 e. The van der Waals surface area contributed by atoms with Crippen LogP contribution in [0.2, 0.25) is 5.02 Å². The van der Waals surface area contributed by atoms with Crippen molar-refractivity contribution < 1.29 is 14.2 Å². The summed E-state index contributed by atoms with van der Waals surface area (Å²) < 4.78 is 19.3. The summed E-state index contributed by atoms with van der Waals surface area (Å²) in [6, 6.07) is 22.3. The molecule has 35 heavy (non-hydrogen) atoms. The van der Waals surface area contributed by atoms with E-state index in [1.54, 1.807) is 6.07 Å². The van der Waals surface area contributed by atoms with Gasteiger partial charge in [-0.05, 0) is 61.4 Å². The maximum Gasteiger partial charge on any atom is 0.123 e. The average molecular weight is 494 g/mol. The number of nitriles is 1. The molecule has 0 radical (unpaired) electrons. The number of halogens is 2. The van der Waals surface area contributed by atoms with Gasteiger partial charge in [0.25, 0.3) is 0 Å². The van der Waals surface area contributed by atoms with Crippen molar-refractivity contribution in [3.05, 3.63) is 94.3 Å². The Labute approximate surface area is 210 Å². The molecular weight excluding hydrogens is 465 g/mol. The molecule has 0 amide bonds. The third kappa shape index (κ3) is 5.59. The number of hydrogen-bond donors (Lipinski definition) is 1. The first-order valence-electron chi connectivity index (χ1n) is 11.7. The fraction of sp³-hybridized carbons (Fsp3) is 0.321. The van der Waals surface area contributed by atoms with E-state index < -0.39 is 0 Å². The molecule has 182 valence electrons. The zero-order chi connectivity index (χ0) is 24.9. The van der Waals surface area contributed by atoms with Crippen molar-refractivity contribution in [2.24, 2.45) is 0 Å². The summed E-state index contributed by atoms with van der Waals surface area (Å²) in [5.74, 6) is 0.335. The molecule has 3 atom stereocenters. The molecule has 1 saturated heterocycles. The van der Waals surface area contributed by atoms with Crippen molar-refractivity contribution in [2.45, 2.75) is 32.0 Å². The van der Waals surface area contributed by atoms with Gasteiger partial charge in [-0.15, -0.1) is 0 Å². The Bertz CT molecular complexity index is 1180. The molecule has 0 unspecified atom stereocenters. The standard InChI is InChI=1S/C28H29ClFN3O2/c1-19-17-32(20(2)22-5-3-21(16-31)4-6-22)18-28(23-7-9-24(30)10-8-23)33(19)27-12-11-25(15-26(27)29)35-14-13-34/h3-12,15,19-20,28,34H,13-14,17-18H2,1-2H3/t19-,20-,28+/m1/s1. The normalized spacial score (nSPS) is 19.3. The van der Waals surface area contributed by atoms with Crippen molar-refractivity contribution in [3.63, 3.8) is 0 Å². The number of aliphatic hydroxyl groups is 1. The van der Waals surface area contributed by atoms with Crippen LogP contribution in [0.15, 0.2) is 66.7 Å². The lowest BCUT2D eigenvalue weighted by Crippen LogP contribution is -2.54. The zero-order valence-electron chi connectivity index (χ0n) is 19.9. The van der Waals surface area contributed by atoms with E-state index in [1.165, 1.54) is 12.1 Å². The third-order valence-corrected chi connectivity index (χ3v) is 6.90. The van der Waals surface area contributed by atoms with E-state index in [2.05, 4.69) is 29.7 Å². The summed E-state index contributed by atoms with van der Waals surface area (Å²) >= 11 is 6.72. The van der Waals surface area contributed by atoms with Crippen molar-refractivity contribution in [2.75, 3.05) is 31.2 Å². The maximum atomic E-state index is 13.7. The number of ether oxygens (including phenoxy) is 1. The second-order valence-corrected chi connectivity index (χ2v) is 9.28. The summed E-state index contributed by atoms with van der Waals surface area (Å²) in [7, 11) is 0. The van der Waals surface area contributed by atoms with Crippen LogP contribution in [-0.4, -0.2) is 42.4 Å². The van der Waals surface area contributed by atoms with Crippen LogP contribution in [0.1, 0.15) is 42.6 Å². The summed E-state index contributed by atoms with van der Waals surface area (Å²) in [5, 5.41) is 18.7. The zero-order valence-corrected chi connectivity index (χ0v) is 20.6. The Morgan fingerprint density at radius 3 is 2.46 bits per heavy atom. The van der Waals surface area contributed by atoms with E-state index in [4.69, 9.17) is 26.7 Å². The van der Waals surface area contributed by atoms with Gasteiger partial charge in [0.05, 0.1) is 35.0 Å². The van der Waals surface area contributed by atoms with E-state index in [-0.39, 0.29) is 37.2 Å². The maximum absolute atomic E-state index is 13.7. The Morgan fingerprint density at radius 2 is 1.83 bits per heavy atom. The molecule has 1 fully saturated rings. The minimum Gasteiger partial charge on any atom is -0.491 e. The number of anilines is 1. The molecule has 0 aliphatic carbocycles. The molecule has 0 saturated carbocycles. The monoisotopic (exact) mass is 493 g/mol.